The van der Waals surface area contributed by atoms with Crippen molar-refractivity contribution in [2.75, 3.05) is 0 Å². The van der Waals surface area contributed by atoms with E-state index in [2.05, 4.69) is 10.1 Å². The minimum atomic E-state index is -4.39. The lowest BCUT2D eigenvalue weighted by molar-refractivity contribution is -0.141. The van der Waals surface area contributed by atoms with Gasteiger partial charge in [-0.3, -0.25) is 4.68 Å². The predicted octanol–water partition coefficient (Wildman–Crippen LogP) is 2.17. The topological polar surface area (TPSA) is 35.6 Å². The van der Waals surface area contributed by atoms with Gasteiger partial charge in [-0.1, -0.05) is 0 Å². The minimum Gasteiger partial charge on any atom is -0.333 e. The summed E-state index contributed by atoms with van der Waals surface area (Å²) in [5.41, 5.74) is -0.0515. The molecule has 0 aliphatic rings. The fourth-order valence-corrected chi connectivity index (χ4v) is 1.53. The fourth-order valence-electron chi connectivity index (χ4n) is 1.53. The molecular weight excluding hydrogens is 233 g/mol. The maximum atomic E-state index is 12.3. The van der Waals surface area contributed by atoms with Crippen molar-refractivity contribution in [1.82, 2.24) is 19.3 Å². The second kappa shape index (κ2) is 4.23. The standard InChI is InChI=1S/C10H11F3N4/c1-2-16-7-14-5-8(16)6-17-4-3-9(15-17)10(11,12)13/h3-5,7H,2,6H2,1H3. The zero-order chi connectivity index (χ0) is 12.5. The summed E-state index contributed by atoms with van der Waals surface area (Å²) >= 11 is 0. The van der Waals surface area contributed by atoms with Crippen LogP contribution in [-0.2, 0) is 19.3 Å². The first-order chi connectivity index (χ1) is 8.00. The summed E-state index contributed by atoms with van der Waals surface area (Å²) in [5.74, 6) is 0. The van der Waals surface area contributed by atoms with Crippen LogP contribution < -0.4 is 0 Å². The first-order valence-electron chi connectivity index (χ1n) is 5.10. The van der Waals surface area contributed by atoms with Crippen molar-refractivity contribution >= 4 is 0 Å². The van der Waals surface area contributed by atoms with Crippen molar-refractivity contribution < 1.29 is 13.2 Å². The summed E-state index contributed by atoms with van der Waals surface area (Å²) in [7, 11) is 0. The van der Waals surface area contributed by atoms with E-state index in [-0.39, 0.29) is 6.54 Å². The molecule has 0 saturated carbocycles. The van der Waals surface area contributed by atoms with Gasteiger partial charge in [0.05, 0.1) is 24.8 Å². The van der Waals surface area contributed by atoms with Crippen LogP contribution in [0, 0.1) is 0 Å². The van der Waals surface area contributed by atoms with Crippen molar-refractivity contribution in [2.24, 2.45) is 0 Å². The molecular formula is C10H11F3N4. The van der Waals surface area contributed by atoms with E-state index in [1.54, 1.807) is 12.5 Å². The van der Waals surface area contributed by atoms with Gasteiger partial charge >= 0.3 is 6.18 Å². The maximum Gasteiger partial charge on any atom is 0.435 e. The number of rotatable bonds is 3. The van der Waals surface area contributed by atoms with E-state index in [0.29, 0.717) is 0 Å². The quantitative estimate of drug-likeness (QED) is 0.829. The third-order valence-electron chi connectivity index (χ3n) is 2.39. The molecule has 0 radical (unpaired) electrons. The molecule has 0 unspecified atom stereocenters. The molecule has 0 N–H and O–H groups in total. The minimum absolute atomic E-state index is 0.282. The third-order valence-corrected chi connectivity index (χ3v) is 2.39. The highest BCUT2D eigenvalue weighted by atomic mass is 19.4. The molecule has 0 fully saturated rings. The van der Waals surface area contributed by atoms with Crippen LogP contribution in [0.5, 0.6) is 0 Å². The summed E-state index contributed by atoms with van der Waals surface area (Å²) < 4.78 is 40.1. The average molecular weight is 244 g/mol. The largest absolute Gasteiger partial charge is 0.435 e. The summed E-state index contributed by atoms with van der Waals surface area (Å²) in [6.45, 7) is 2.95. The number of alkyl halides is 3. The highest BCUT2D eigenvalue weighted by molar-refractivity contribution is 5.05. The highest BCUT2D eigenvalue weighted by Crippen LogP contribution is 2.27. The normalized spacial score (nSPS) is 12.0. The fraction of sp³-hybridized carbons (Fsp3) is 0.400. The molecule has 2 aromatic rings. The van der Waals surface area contributed by atoms with Gasteiger partial charge < -0.3 is 4.57 Å². The van der Waals surface area contributed by atoms with Gasteiger partial charge in [0.25, 0.3) is 0 Å². The molecule has 0 amide bonds. The van der Waals surface area contributed by atoms with Gasteiger partial charge in [-0.05, 0) is 13.0 Å². The molecule has 0 aliphatic heterocycles. The lowest BCUT2D eigenvalue weighted by atomic mass is 10.4. The van der Waals surface area contributed by atoms with Crippen LogP contribution >= 0.6 is 0 Å². The Morgan fingerprint density at radius 1 is 1.35 bits per heavy atom. The van der Waals surface area contributed by atoms with Crippen LogP contribution in [0.3, 0.4) is 0 Å². The van der Waals surface area contributed by atoms with Crippen molar-refractivity contribution in [2.45, 2.75) is 26.2 Å². The number of hydrogen-bond donors (Lipinski definition) is 0. The zero-order valence-electron chi connectivity index (χ0n) is 9.15. The number of aromatic nitrogens is 4. The van der Waals surface area contributed by atoms with E-state index in [1.807, 2.05) is 11.5 Å². The van der Waals surface area contributed by atoms with E-state index in [9.17, 15) is 13.2 Å². The summed E-state index contributed by atoms with van der Waals surface area (Å²) in [6, 6.07) is 0.965. The Morgan fingerprint density at radius 3 is 2.71 bits per heavy atom. The number of aryl methyl sites for hydroxylation is 1. The monoisotopic (exact) mass is 244 g/mol. The van der Waals surface area contributed by atoms with Gasteiger partial charge in [0.15, 0.2) is 5.69 Å². The Balaban J connectivity index is 2.17. The van der Waals surface area contributed by atoms with Crippen LogP contribution in [0.25, 0.3) is 0 Å². The molecule has 2 heterocycles. The van der Waals surface area contributed by atoms with Crippen LogP contribution in [0.2, 0.25) is 0 Å². The van der Waals surface area contributed by atoms with Crippen LogP contribution in [0.1, 0.15) is 18.3 Å². The Hall–Kier alpha value is -1.79. The lowest BCUT2D eigenvalue weighted by Gasteiger charge is -2.05. The summed E-state index contributed by atoms with van der Waals surface area (Å²) in [6.07, 6.45) is 0.189. The summed E-state index contributed by atoms with van der Waals surface area (Å²) in [5, 5.41) is 3.48. The average Bonchev–Trinajstić information content (AvgIpc) is 2.86. The van der Waals surface area contributed by atoms with Crippen LogP contribution in [0.4, 0.5) is 13.2 Å². The molecule has 7 heteroatoms. The van der Waals surface area contributed by atoms with Gasteiger partial charge in [-0.15, -0.1) is 0 Å². The Morgan fingerprint density at radius 2 is 2.12 bits per heavy atom. The van der Waals surface area contributed by atoms with Crippen LogP contribution in [-0.4, -0.2) is 19.3 Å². The maximum absolute atomic E-state index is 12.3. The molecule has 4 nitrogen and oxygen atoms in total. The van der Waals surface area contributed by atoms with E-state index < -0.39 is 11.9 Å². The molecule has 0 spiro atoms. The van der Waals surface area contributed by atoms with Gasteiger partial charge in [-0.25, -0.2) is 4.98 Å². The van der Waals surface area contributed by atoms with E-state index in [1.165, 1.54) is 10.9 Å². The van der Waals surface area contributed by atoms with Gasteiger partial charge in [0, 0.05) is 12.7 Å². The Labute approximate surface area is 95.7 Å². The smallest absolute Gasteiger partial charge is 0.333 e. The van der Waals surface area contributed by atoms with Gasteiger partial charge in [-0.2, -0.15) is 18.3 Å². The van der Waals surface area contributed by atoms with Crippen molar-refractivity contribution in [3.63, 3.8) is 0 Å². The molecule has 0 aliphatic carbocycles. The Kier molecular flexibility index (Phi) is 2.91. The van der Waals surface area contributed by atoms with Crippen LogP contribution in [0.15, 0.2) is 24.8 Å². The van der Waals surface area contributed by atoms with Gasteiger partial charge in [0.2, 0.25) is 0 Å². The molecule has 0 atom stereocenters. The second-order valence-corrected chi connectivity index (χ2v) is 3.57. The molecule has 2 rings (SSSR count). The molecule has 17 heavy (non-hydrogen) atoms. The van der Waals surface area contributed by atoms with E-state index in [0.717, 1.165) is 18.3 Å². The number of halogens is 3. The first-order valence-corrected chi connectivity index (χ1v) is 5.10. The van der Waals surface area contributed by atoms with Crippen molar-refractivity contribution in [1.29, 1.82) is 0 Å². The predicted molar refractivity (Wildman–Crippen MR) is 54.2 cm³/mol. The highest BCUT2D eigenvalue weighted by Gasteiger charge is 2.33. The SMILES string of the molecule is CCn1cncc1Cn1ccc(C(F)(F)F)n1. The molecule has 0 saturated heterocycles. The van der Waals surface area contributed by atoms with E-state index >= 15 is 0 Å². The Bertz CT molecular complexity index is 498. The molecule has 0 aromatic carbocycles. The van der Waals surface area contributed by atoms with Gasteiger partial charge in [0.1, 0.15) is 0 Å². The van der Waals surface area contributed by atoms with E-state index in [4.69, 9.17) is 0 Å². The second-order valence-electron chi connectivity index (χ2n) is 3.57. The van der Waals surface area contributed by atoms with Crippen molar-refractivity contribution in [3.05, 3.63) is 36.2 Å². The zero-order valence-corrected chi connectivity index (χ0v) is 9.15. The summed E-state index contributed by atoms with van der Waals surface area (Å²) in [4.78, 5) is 3.94. The molecule has 0 bridgehead atoms. The molecule has 92 valence electrons. The molecule has 2 aromatic heterocycles. The number of hydrogen-bond acceptors (Lipinski definition) is 2. The number of nitrogens with zero attached hydrogens (tertiary/aromatic N) is 4. The first kappa shape index (κ1) is 11.7. The third kappa shape index (κ3) is 2.48. The lowest BCUT2D eigenvalue weighted by Crippen LogP contribution is -2.10. The number of imidazole rings is 1. The van der Waals surface area contributed by atoms with Crippen molar-refractivity contribution in [3.8, 4) is 0 Å².